The van der Waals surface area contributed by atoms with Crippen LogP contribution in [0.1, 0.15) is 43.9 Å². The van der Waals surface area contributed by atoms with Crippen molar-refractivity contribution in [1.29, 1.82) is 0 Å². The number of nitrogens with zero attached hydrogens (tertiary/aromatic N) is 2. The molecule has 0 radical (unpaired) electrons. The maximum absolute atomic E-state index is 14.4. The number of nitrogens with two attached hydrogens (primary N) is 1. The molecule has 4 aliphatic rings. The van der Waals surface area contributed by atoms with E-state index < -0.39 is 35.2 Å². The van der Waals surface area contributed by atoms with Gasteiger partial charge in [-0.15, -0.1) is 0 Å². The lowest BCUT2D eigenvalue weighted by Gasteiger charge is -2.56. The van der Waals surface area contributed by atoms with Gasteiger partial charge >= 0.3 is 0 Å². The van der Waals surface area contributed by atoms with Crippen LogP contribution in [0.4, 0.5) is 0 Å². The number of amides is 1. The van der Waals surface area contributed by atoms with Gasteiger partial charge in [0.2, 0.25) is 11.4 Å². The number of ketones is 1. The van der Waals surface area contributed by atoms with E-state index in [4.69, 9.17) is 10.5 Å². The largest absolute Gasteiger partial charge is 0.510 e. The van der Waals surface area contributed by atoms with E-state index in [1.54, 1.807) is 25.1 Å². The van der Waals surface area contributed by atoms with Gasteiger partial charge in [-0.1, -0.05) is 31.2 Å². The van der Waals surface area contributed by atoms with E-state index in [2.05, 4.69) is 37.8 Å². The Balaban J connectivity index is 1.47. The van der Waals surface area contributed by atoms with E-state index in [1.165, 1.54) is 6.26 Å². The number of aliphatic hydroxyl groups excluding tert-OH is 2. The number of likely N-dealkylation sites (N-methyl/N-ethyl adjacent to an activating group) is 1. The van der Waals surface area contributed by atoms with Crippen molar-refractivity contribution in [2.45, 2.75) is 57.8 Å². The quantitative estimate of drug-likeness (QED) is 0.379. The molecule has 1 spiro atoms. The molecule has 1 amide bonds. The van der Waals surface area contributed by atoms with Crippen molar-refractivity contribution in [3.8, 4) is 16.9 Å². The standard InChI is InChI=1S/C34H39N3O6/c1-6-37(17(2)3)15-18-8-7-9-19(12-18)21-10-11-25(38)27-22(21)13-20-14-23-29(36(4)5)31(40)28(33(35)42)24-16-43-34(23,24)32(41)26(20)30(27)39/h7-12,16-17,20,23,29,38-40H,6,13-15H2,1-5H3,(H2,35,42)/t20-,23-,29-,34+/m0/s1. The average Bonchev–Trinajstić information content (AvgIpc) is 2.93. The van der Waals surface area contributed by atoms with Crippen LogP contribution >= 0.6 is 0 Å². The van der Waals surface area contributed by atoms with Crippen molar-refractivity contribution in [1.82, 2.24) is 9.80 Å². The highest BCUT2D eigenvalue weighted by atomic mass is 16.5. The summed E-state index contributed by atoms with van der Waals surface area (Å²) in [6.07, 6.45) is 2.10. The Bertz CT molecular complexity index is 1640. The maximum Gasteiger partial charge on any atom is 0.252 e. The lowest BCUT2D eigenvalue weighted by molar-refractivity contribution is -0.153. The van der Waals surface area contributed by atoms with Gasteiger partial charge < -0.3 is 25.8 Å². The van der Waals surface area contributed by atoms with Gasteiger partial charge in [-0.25, -0.2) is 0 Å². The zero-order valence-corrected chi connectivity index (χ0v) is 25.2. The molecule has 1 saturated carbocycles. The predicted molar refractivity (Wildman–Crippen MR) is 163 cm³/mol. The number of aromatic hydroxyl groups is 1. The smallest absolute Gasteiger partial charge is 0.252 e. The first-order valence-electron chi connectivity index (χ1n) is 14.9. The number of phenolic OH excluding ortho intramolecular Hbond substituents is 1. The average molecular weight is 586 g/mol. The molecular weight excluding hydrogens is 546 g/mol. The van der Waals surface area contributed by atoms with Crippen LogP contribution in [0.5, 0.6) is 5.75 Å². The van der Waals surface area contributed by atoms with Crippen molar-refractivity contribution in [2.75, 3.05) is 20.6 Å². The van der Waals surface area contributed by atoms with Gasteiger partial charge in [0, 0.05) is 24.1 Å². The first kappa shape index (κ1) is 29.0. The molecule has 0 bridgehead atoms. The van der Waals surface area contributed by atoms with Gasteiger partial charge in [-0.05, 0) is 87.6 Å². The molecule has 0 saturated heterocycles. The number of carbonyl (C=O) groups is 2. The number of ether oxygens (including phenoxy) is 1. The lowest BCUT2D eigenvalue weighted by atomic mass is 9.54. The van der Waals surface area contributed by atoms with Crippen molar-refractivity contribution < 1.29 is 29.6 Å². The van der Waals surface area contributed by atoms with Gasteiger partial charge in [-0.2, -0.15) is 0 Å². The number of benzene rings is 2. The number of fused-ring (bicyclic) bond motifs is 2. The minimum atomic E-state index is -1.55. The van der Waals surface area contributed by atoms with Gasteiger partial charge in [0.1, 0.15) is 17.3 Å². The molecule has 9 heteroatoms. The Hall–Kier alpha value is -4.08. The van der Waals surface area contributed by atoms with Crippen molar-refractivity contribution in [3.05, 3.63) is 81.8 Å². The summed E-state index contributed by atoms with van der Waals surface area (Å²) in [5.41, 5.74) is 8.43. The zero-order chi connectivity index (χ0) is 31.0. The number of rotatable bonds is 7. The molecule has 9 nitrogen and oxygen atoms in total. The summed E-state index contributed by atoms with van der Waals surface area (Å²) in [5, 5.41) is 33.9. The molecule has 0 unspecified atom stereocenters. The summed E-state index contributed by atoms with van der Waals surface area (Å²) >= 11 is 0. The van der Waals surface area contributed by atoms with Crippen molar-refractivity contribution >= 4 is 17.4 Å². The molecular formula is C34H39N3O6. The minimum Gasteiger partial charge on any atom is -0.510 e. The Morgan fingerprint density at radius 2 is 1.91 bits per heavy atom. The summed E-state index contributed by atoms with van der Waals surface area (Å²) < 4.78 is 5.92. The number of hydrogen-bond donors (Lipinski definition) is 4. The number of phenols is 1. The highest BCUT2D eigenvalue weighted by Crippen LogP contribution is 2.59. The Morgan fingerprint density at radius 3 is 2.51 bits per heavy atom. The molecule has 2 aromatic rings. The third-order valence-corrected chi connectivity index (χ3v) is 9.80. The number of Topliss-reactive ketones (excluding diaryl/α,β-unsaturated/α-hetero) is 1. The highest BCUT2D eigenvalue weighted by Gasteiger charge is 2.68. The summed E-state index contributed by atoms with van der Waals surface area (Å²) in [6.45, 7) is 8.22. The molecule has 6 rings (SSSR count). The molecule has 4 atom stereocenters. The zero-order valence-electron chi connectivity index (χ0n) is 25.2. The van der Waals surface area contributed by atoms with Crippen LogP contribution in [0.25, 0.3) is 16.9 Å². The number of primary amides is 1. The van der Waals surface area contributed by atoms with Crippen LogP contribution in [0.15, 0.2) is 65.1 Å². The van der Waals surface area contributed by atoms with E-state index >= 15 is 0 Å². The summed E-state index contributed by atoms with van der Waals surface area (Å²) in [5.74, 6) is -2.80. The molecule has 1 heterocycles. The molecule has 1 aliphatic heterocycles. The second kappa shape index (κ2) is 10.3. The fourth-order valence-electron chi connectivity index (χ4n) is 7.77. The van der Waals surface area contributed by atoms with Crippen molar-refractivity contribution in [2.24, 2.45) is 17.6 Å². The predicted octanol–water partition coefficient (Wildman–Crippen LogP) is 4.21. The third kappa shape index (κ3) is 4.12. The van der Waals surface area contributed by atoms with Gasteiger partial charge in [0.25, 0.3) is 5.91 Å². The summed E-state index contributed by atoms with van der Waals surface area (Å²) in [4.78, 5) is 31.0. The Kier molecular flexibility index (Phi) is 6.93. The van der Waals surface area contributed by atoms with Gasteiger partial charge in [-0.3, -0.25) is 19.4 Å². The molecule has 5 N–H and O–H groups in total. The first-order valence-corrected chi connectivity index (χ1v) is 14.9. The molecule has 2 aromatic carbocycles. The molecule has 0 aromatic heterocycles. The van der Waals surface area contributed by atoms with Crippen LogP contribution in [-0.2, 0) is 27.3 Å². The normalized spacial score (nSPS) is 26.0. The van der Waals surface area contributed by atoms with Crippen LogP contribution in [0, 0.1) is 11.8 Å². The van der Waals surface area contributed by atoms with Crippen LogP contribution in [0.2, 0.25) is 0 Å². The topological polar surface area (TPSA) is 137 Å². The van der Waals surface area contributed by atoms with Crippen molar-refractivity contribution in [3.63, 3.8) is 0 Å². The van der Waals surface area contributed by atoms with Crippen LogP contribution in [0.3, 0.4) is 0 Å². The minimum absolute atomic E-state index is 0.113. The van der Waals surface area contributed by atoms with E-state index in [-0.39, 0.29) is 39.6 Å². The highest BCUT2D eigenvalue weighted by molar-refractivity contribution is 6.15. The second-order valence-electron chi connectivity index (χ2n) is 12.6. The molecule has 1 fully saturated rings. The fourth-order valence-corrected chi connectivity index (χ4v) is 7.77. The molecule has 43 heavy (non-hydrogen) atoms. The molecule has 226 valence electrons. The second-order valence-corrected chi connectivity index (χ2v) is 12.6. The van der Waals surface area contributed by atoms with Gasteiger partial charge in [0.05, 0.1) is 29.0 Å². The number of carbonyl (C=O) groups excluding carboxylic acids is 2. The fraction of sp³-hybridized carbons (Fsp3) is 0.412. The number of hydrogen-bond acceptors (Lipinski definition) is 8. The summed E-state index contributed by atoms with van der Waals surface area (Å²) in [6, 6.07) is 11.4. The Morgan fingerprint density at radius 1 is 1.16 bits per heavy atom. The van der Waals surface area contributed by atoms with Crippen LogP contribution in [-0.4, -0.2) is 75.1 Å². The maximum atomic E-state index is 14.4. The van der Waals surface area contributed by atoms with E-state index in [0.29, 0.717) is 18.9 Å². The summed E-state index contributed by atoms with van der Waals surface area (Å²) in [7, 11) is 3.54. The monoisotopic (exact) mass is 585 g/mol. The van der Waals surface area contributed by atoms with E-state index in [9.17, 15) is 24.9 Å². The van der Waals surface area contributed by atoms with E-state index in [0.717, 1.165) is 35.3 Å². The lowest BCUT2D eigenvalue weighted by Crippen LogP contribution is -2.67. The SMILES string of the molecule is CCN(Cc1cccc(-c2ccc(O)c3c2C[C@H]2C[C@H]4[C@H](N(C)C)C(O)=C(C(N)=O)C5=CO[C@@]54C(=O)C2=C3O)c1)C(C)C. The third-order valence-electron chi connectivity index (χ3n) is 9.80. The Labute approximate surface area is 251 Å². The van der Waals surface area contributed by atoms with E-state index in [1.807, 2.05) is 18.2 Å². The first-order chi connectivity index (χ1) is 20.4. The van der Waals surface area contributed by atoms with Crippen LogP contribution < -0.4 is 5.73 Å². The molecule has 3 aliphatic carbocycles. The number of aliphatic hydroxyl groups is 2. The van der Waals surface area contributed by atoms with Gasteiger partial charge in [0.15, 0.2) is 0 Å².